The number of Topliss-reactive ketones (excluding diaryl/α,β-unsaturated/α-hetero) is 1. The van der Waals surface area contributed by atoms with E-state index < -0.39 is 7.26 Å². The molecule has 0 atom stereocenters. The Balaban J connectivity index is 0.000000139. The predicted molar refractivity (Wildman–Crippen MR) is 442 cm³/mol. The summed E-state index contributed by atoms with van der Waals surface area (Å²) in [6, 6.07) is 129. The van der Waals surface area contributed by atoms with Crippen molar-refractivity contribution in [2.45, 2.75) is 26.6 Å². The third-order valence-electron chi connectivity index (χ3n) is 17.4. The van der Waals surface area contributed by atoms with Crippen LogP contribution in [0.15, 0.2) is 438 Å². The second-order valence-electron chi connectivity index (χ2n) is 24.9. The third-order valence-corrected chi connectivity index (χ3v) is 21.6. The summed E-state index contributed by atoms with van der Waals surface area (Å²) in [5, 5.41) is 25.2. The molecule has 16 rings (SSSR count). The summed E-state index contributed by atoms with van der Waals surface area (Å²) in [5.74, 6) is 0.189. The minimum absolute atomic E-state index is 0.0578. The van der Waals surface area contributed by atoms with Crippen LogP contribution in [0.2, 0.25) is 0 Å². The van der Waals surface area contributed by atoms with Crippen molar-refractivity contribution in [1.29, 1.82) is 10.7 Å². The van der Waals surface area contributed by atoms with Crippen LogP contribution in [-0.2, 0) is 19.6 Å². The quantitative estimate of drug-likeness (QED) is 0.0387. The van der Waals surface area contributed by atoms with Gasteiger partial charge in [0.15, 0.2) is 67.6 Å². The number of nitrogens with zero attached hydrogens (tertiary/aromatic N) is 8. The molecule has 0 amide bonds. The molecule has 12 nitrogen and oxygen atoms in total. The van der Waals surface area contributed by atoms with Gasteiger partial charge in [-0.15, -0.1) is 0 Å². The van der Waals surface area contributed by atoms with Gasteiger partial charge in [-0.05, 0) is 78.0 Å². The number of carbonyl (C=O) groups excluding carboxylic acids is 2. The Morgan fingerprint density at radius 2 is 0.800 bits per heavy atom. The fourth-order valence-electron chi connectivity index (χ4n) is 11.9. The Hall–Kier alpha value is -14.0. The van der Waals surface area contributed by atoms with Gasteiger partial charge in [-0.2, -0.15) is 14.4 Å². The van der Waals surface area contributed by atoms with E-state index >= 15 is 0 Å². The molecule has 13 heteroatoms. The highest BCUT2D eigenvalue weighted by Crippen LogP contribution is 2.54. The molecule has 5 aromatic heterocycles. The van der Waals surface area contributed by atoms with Crippen LogP contribution in [0.5, 0.6) is 0 Å². The summed E-state index contributed by atoms with van der Waals surface area (Å²) in [4.78, 5) is 37.4. The third kappa shape index (κ3) is 24.0. The van der Waals surface area contributed by atoms with Crippen LogP contribution in [0.4, 0.5) is 5.69 Å². The van der Waals surface area contributed by atoms with Crippen LogP contribution >= 0.6 is 7.26 Å². The molecule has 0 aliphatic carbocycles. The molecule has 0 bridgehead atoms. The minimum Gasteiger partial charge on any atom is -0.289 e. The van der Waals surface area contributed by atoms with E-state index in [0.717, 1.165) is 24.2 Å². The number of para-hydroxylation sites is 1. The van der Waals surface area contributed by atoms with Crippen LogP contribution in [-0.4, -0.2) is 31.4 Å². The molecule has 0 aliphatic rings. The topological polar surface area (TPSA) is 124 Å². The first-order valence-electron chi connectivity index (χ1n) is 36.3. The number of hydrogen-bond acceptors (Lipinski definition) is 6. The van der Waals surface area contributed by atoms with Gasteiger partial charge < -0.3 is 0 Å². The van der Waals surface area contributed by atoms with Crippen LogP contribution < -0.4 is 48.8 Å². The van der Waals surface area contributed by atoms with Crippen molar-refractivity contribution in [2.24, 2.45) is 0 Å². The summed E-state index contributed by atoms with van der Waals surface area (Å²) in [5.41, 5.74) is 9.04. The number of aromatic nitrogens is 5. The van der Waals surface area contributed by atoms with E-state index in [1.54, 1.807) is 28.7 Å². The van der Waals surface area contributed by atoms with Gasteiger partial charge in [-0.1, -0.05) is 261 Å². The van der Waals surface area contributed by atoms with Crippen molar-refractivity contribution in [3.8, 4) is 17.2 Å². The predicted octanol–water partition coefficient (Wildman–Crippen LogP) is 17.2. The maximum Gasteiger partial charge on any atom is 0.385 e. The lowest BCUT2D eigenvalue weighted by Gasteiger charge is -2.25. The summed E-state index contributed by atoms with van der Waals surface area (Å²) < 4.78 is 9.62. The zero-order valence-electron chi connectivity index (χ0n) is 61.8. The Morgan fingerprint density at radius 3 is 1.31 bits per heavy atom. The maximum absolute atomic E-state index is 12.3. The normalized spacial score (nSPS) is 10.1. The highest BCUT2D eigenvalue weighted by atomic mass is 31.2. The van der Waals surface area contributed by atoms with Crippen LogP contribution in [0, 0.1) is 16.7 Å². The SMILES string of the molecule is CCO[n+]1ccc2ccccc2c1.CO[n+]1ccc(-c2ccccc2)cc1.N#CC[P+](c1ccccc1)(c1ccccc1)c1ccccc1.N#[N+]c1ccccc1.O=C(C[n+]1ccccc1)c1ccccc1.O=C(c1ccccc1)c1cc[n+](Cc2ccccc2)cc1.c1ccc(C[n+]2cccc3ccccc32)cc1. The summed E-state index contributed by atoms with van der Waals surface area (Å²) >= 11 is 0. The van der Waals surface area contributed by atoms with Crippen molar-refractivity contribution in [3.63, 3.8) is 0 Å². The van der Waals surface area contributed by atoms with E-state index in [-0.39, 0.29) is 11.6 Å². The molecule has 0 aliphatic heterocycles. The highest BCUT2D eigenvalue weighted by Gasteiger charge is 2.45. The number of pyridine rings is 5. The van der Waals surface area contributed by atoms with E-state index in [1.807, 2.05) is 255 Å². The molecule has 16 aromatic rings. The van der Waals surface area contributed by atoms with Gasteiger partial charge in [-0.3, -0.25) is 19.3 Å². The Morgan fingerprint density at radius 1 is 0.382 bits per heavy atom. The van der Waals surface area contributed by atoms with Crippen molar-refractivity contribution < 1.29 is 42.4 Å². The number of nitriles is 1. The van der Waals surface area contributed by atoms with Crippen LogP contribution in [0.3, 0.4) is 0 Å². The molecule has 0 N–H and O–H groups in total. The van der Waals surface area contributed by atoms with E-state index in [0.29, 0.717) is 30.6 Å². The number of fused-ring (bicyclic) bond motifs is 2. The first-order chi connectivity index (χ1) is 54.2. The van der Waals surface area contributed by atoms with Gasteiger partial charge in [-0.25, -0.2) is 4.57 Å². The number of rotatable bonds is 17. The lowest BCUT2D eigenvalue weighted by atomic mass is 10.0. The summed E-state index contributed by atoms with van der Waals surface area (Å²) in [6.45, 7) is 4.78. The van der Waals surface area contributed by atoms with E-state index in [2.05, 4.69) is 202 Å². The van der Waals surface area contributed by atoms with Crippen molar-refractivity contribution in [1.82, 2.24) is 0 Å². The number of benzene rings is 11. The molecule has 0 saturated heterocycles. The second kappa shape index (κ2) is 43.4. The van der Waals surface area contributed by atoms with E-state index in [4.69, 9.17) is 15.1 Å². The zero-order chi connectivity index (χ0) is 76.5. The average molecular weight is 1460 g/mol. The fraction of sp³-hybridized carbons (Fsp3) is 0.0722. The second-order valence-corrected chi connectivity index (χ2v) is 28.4. The monoisotopic (exact) mass is 1460 g/mol. The Bertz CT molecular complexity index is 5350. The largest absolute Gasteiger partial charge is 0.385 e. The Kier molecular flexibility index (Phi) is 31.0. The lowest BCUT2D eigenvalue weighted by Crippen LogP contribution is -2.41. The average Bonchev–Trinajstić information content (AvgIpc) is 0.757. The zero-order valence-corrected chi connectivity index (χ0v) is 62.7. The van der Waals surface area contributed by atoms with Gasteiger partial charge >= 0.3 is 5.69 Å². The number of hydrogen-bond donors (Lipinski definition) is 0. The maximum atomic E-state index is 12.3. The molecule has 110 heavy (non-hydrogen) atoms. The lowest BCUT2D eigenvalue weighted by molar-refractivity contribution is -0.890. The number of carbonyl (C=O) groups is 2. The smallest absolute Gasteiger partial charge is 0.289 e. The first-order valence-corrected chi connectivity index (χ1v) is 38.2. The molecule has 538 valence electrons. The molecule has 0 saturated carbocycles. The van der Waals surface area contributed by atoms with Crippen molar-refractivity contribution in [3.05, 3.63) is 471 Å². The molecular formula is C97H88N8O4P+7. The van der Waals surface area contributed by atoms with Crippen LogP contribution in [0.1, 0.15) is 44.3 Å². The van der Waals surface area contributed by atoms with Gasteiger partial charge in [0, 0.05) is 109 Å². The van der Waals surface area contributed by atoms with Crippen molar-refractivity contribution in [2.75, 3.05) is 19.9 Å². The molecule has 5 heterocycles. The van der Waals surface area contributed by atoms with Gasteiger partial charge in [0.2, 0.25) is 48.0 Å². The first kappa shape index (κ1) is 78.6. The molecule has 0 spiro atoms. The van der Waals surface area contributed by atoms with E-state index in [1.165, 1.54) is 59.8 Å². The fourth-order valence-corrected chi connectivity index (χ4v) is 15.6. The minimum atomic E-state index is -1.91. The summed E-state index contributed by atoms with van der Waals surface area (Å²) in [6.07, 6.45) is 18.0. The molecule has 0 fully saturated rings. The Labute approximate surface area is 645 Å². The van der Waals surface area contributed by atoms with Crippen LogP contribution in [0.25, 0.3) is 37.8 Å². The molecule has 11 aromatic carbocycles. The molecule has 0 radical (unpaired) electrons. The molecule has 0 unspecified atom stereocenters. The standard InChI is InChI=1S/C20H17NP.C19H16NO.C16H14N.C13H12NO.C12H12NO.C11H12NO.C6H5N2/c21-16-17-22(18-10-4-1-5-11-18,19-12-6-2-7-13-19)20-14-8-3-9-15-20;21-19(17-9-5-2-6-10-17)18-11-13-20(14-12-18)15-16-7-3-1-4-8-16;1-2-7-14(8-3-1)13-17-12-6-10-15-9-4-5-11-16(15)17;15-13(12-7-3-1-4-8-12)11-14-9-5-2-6-10-14;1-14-13-9-7-12(8-10-13)11-5-3-2-4-6-11;1-2-13-12-8-7-10-5-3-4-6-11(10)9-12;7-8-6-4-2-1-3-5-6/h1-15H,17H2;1-14H,15H2;1-12H,13H2;1-10H,11H2;2-10H,1H3;3-9H,2H2,1H3;1-5H/q7*+1. The number of diazo groups is 1. The highest BCUT2D eigenvalue weighted by molar-refractivity contribution is 7.95. The molecular weight excluding hydrogens is 1370 g/mol. The van der Waals surface area contributed by atoms with Crippen molar-refractivity contribution >= 4 is 62.1 Å². The van der Waals surface area contributed by atoms with Gasteiger partial charge in [0.05, 0.1) is 5.39 Å². The number of ketones is 2. The van der Waals surface area contributed by atoms with Gasteiger partial charge in [0.1, 0.15) is 36.4 Å². The summed E-state index contributed by atoms with van der Waals surface area (Å²) in [7, 11) is -0.273. The van der Waals surface area contributed by atoms with Gasteiger partial charge in [0.25, 0.3) is 0 Å². The van der Waals surface area contributed by atoms with E-state index in [9.17, 15) is 14.9 Å².